The fraction of sp³-hybridized carbons (Fsp3) is 0.286. The van der Waals surface area contributed by atoms with Gasteiger partial charge in [-0.25, -0.2) is 0 Å². The zero-order valence-electron chi connectivity index (χ0n) is 16.6. The second-order valence-electron chi connectivity index (χ2n) is 6.36. The van der Waals surface area contributed by atoms with Gasteiger partial charge in [0.15, 0.2) is 23.0 Å². The largest absolute Gasteiger partial charge is 0.504 e. The molecule has 3 N–H and O–H groups in total. The highest BCUT2D eigenvalue weighted by Crippen LogP contribution is 2.45. The molecule has 8 nitrogen and oxygen atoms in total. The van der Waals surface area contributed by atoms with Crippen molar-refractivity contribution in [1.29, 1.82) is 0 Å². The van der Waals surface area contributed by atoms with E-state index in [9.17, 15) is 15.4 Å². The molecular weight excluding hydrogens is 378 g/mol. The Balaban J connectivity index is 2.29. The first-order valence-corrected chi connectivity index (χ1v) is 8.80. The molecule has 1 unspecified atom stereocenters. The number of aliphatic hydroxyl groups excluding tert-OH is 1. The number of aliphatic hydroxyl groups is 1. The zero-order chi connectivity index (χ0) is 21.1. The Morgan fingerprint density at radius 2 is 1.48 bits per heavy atom. The third kappa shape index (κ3) is 3.54. The molecule has 1 aliphatic carbocycles. The number of methoxy groups -OCH3 is 4. The van der Waals surface area contributed by atoms with E-state index in [2.05, 4.69) is 5.16 Å². The second-order valence-corrected chi connectivity index (χ2v) is 6.36. The lowest BCUT2D eigenvalue weighted by Crippen LogP contribution is -2.05. The average Bonchev–Trinajstić information content (AvgIpc) is 3.08. The van der Waals surface area contributed by atoms with E-state index >= 15 is 0 Å². The Bertz CT molecular complexity index is 956. The highest BCUT2D eigenvalue weighted by atomic mass is 16.5. The topological polar surface area (TPSA) is 110 Å². The second kappa shape index (κ2) is 8.32. The molecule has 29 heavy (non-hydrogen) atoms. The number of ether oxygens (including phenoxy) is 4. The van der Waals surface area contributed by atoms with Crippen LogP contribution in [0.3, 0.4) is 0 Å². The van der Waals surface area contributed by atoms with Crippen molar-refractivity contribution in [3.05, 3.63) is 41.5 Å². The zero-order valence-corrected chi connectivity index (χ0v) is 16.6. The number of hydrogen-bond acceptors (Lipinski definition) is 8. The van der Waals surface area contributed by atoms with Crippen molar-refractivity contribution < 1.29 is 34.4 Å². The van der Waals surface area contributed by atoms with Gasteiger partial charge in [0.1, 0.15) is 0 Å². The van der Waals surface area contributed by atoms with Crippen molar-refractivity contribution in [2.45, 2.75) is 12.5 Å². The van der Waals surface area contributed by atoms with Gasteiger partial charge >= 0.3 is 0 Å². The molecule has 1 aliphatic rings. The molecule has 8 heteroatoms. The Morgan fingerprint density at radius 3 is 1.97 bits per heavy atom. The Morgan fingerprint density at radius 1 is 0.862 bits per heavy atom. The minimum atomic E-state index is -0.928. The van der Waals surface area contributed by atoms with Crippen molar-refractivity contribution in [2.24, 2.45) is 5.16 Å². The van der Waals surface area contributed by atoms with Gasteiger partial charge in [-0.1, -0.05) is 11.2 Å². The molecule has 0 amide bonds. The molecule has 3 rings (SSSR count). The van der Waals surface area contributed by atoms with Crippen molar-refractivity contribution in [3.8, 4) is 28.7 Å². The van der Waals surface area contributed by atoms with Gasteiger partial charge in [-0.05, 0) is 41.0 Å². The SMILES string of the molecule is COc1ccc(C2=C(c3cc(OC)c(OC)c(OC)c3)C(=NO)CC2O)cc1O. The normalized spacial score (nSPS) is 17.6. The minimum Gasteiger partial charge on any atom is -0.504 e. The van der Waals surface area contributed by atoms with Crippen LogP contribution in [0.5, 0.6) is 28.7 Å². The maximum absolute atomic E-state index is 10.7. The summed E-state index contributed by atoms with van der Waals surface area (Å²) in [6.07, 6.45) is -0.812. The maximum Gasteiger partial charge on any atom is 0.203 e. The van der Waals surface area contributed by atoms with Crippen LogP contribution in [0.2, 0.25) is 0 Å². The highest BCUT2D eigenvalue weighted by molar-refractivity contribution is 6.34. The molecule has 0 spiro atoms. The fourth-order valence-electron chi connectivity index (χ4n) is 3.54. The van der Waals surface area contributed by atoms with Crippen molar-refractivity contribution in [2.75, 3.05) is 28.4 Å². The molecule has 154 valence electrons. The first-order chi connectivity index (χ1) is 14.0. The number of benzene rings is 2. The van der Waals surface area contributed by atoms with Gasteiger partial charge in [0.05, 0.1) is 40.3 Å². The van der Waals surface area contributed by atoms with Gasteiger partial charge in [-0.15, -0.1) is 0 Å². The summed E-state index contributed by atoms with van der Waals surface area (Å²) >= 11 is 0. The van der Waals surface area contributed by atoms with Crippen molar-refractivity contribution >= 4 is 16.9 Å². The average molecular weight is 401 g/mol. The number of aromatic hydroxyl groups is 1. The first kappa shape index (κ1) is 20.3. The number of hydrogen-bond donors (Lipinski definition) is 3. The maximum atomic E-state index is 10.7. The summed E-state index contributed by atoms with van der Waals surface area (Å²) in [6.45, 7) is 0. The van der Waals surface area contributed by atoms with E-state index in [0.717, 1.165) is 0 Å². The molecule has 0 aromatic heterocycles. The van der Waals surface area contributed by atoms with E-state index in [-0.39, 0.29) is 12.2 Å². The van der Waals surface area contributed by atoms with E-state index in [1.165, 1.54) is 34.5 Å². The van der Waals surface area contributed by atoms with Crippen LogP contribution in [0.25, 0.3) is 11.1 Å². The number of rotatable bonds is 6. The molecule has 1 atom stereocenters. The summed E-state index contributed by atoms with van der Waals surface area (Å²) in [7, 11) is 5.96. The summed E-state index contributed by atoms with van der Waals surface area (Å²) in [4.78, 5) is 0. The molecule has 0 saturated heterocycles. The monoisotopic (exact) mass is 401 g/mol. The van der Waals surface area contributed by atoms with Gasteiger partial charge in [-0.3, -0.25) is 0 Å². The summed E-state index contributed by atoms with van der Waals surface area (Å²) in [6, 6.07) is 8.24. The van der Waals surface area contributed by atoms with Gasteiger partial charge in [-0.2, -0.15) is 0 Å². The van der Waals surface area contributed by atoms with E-state index in [1.54, 1.807) is 24.3 Å². The summed E-state index contributed by atoms with van der Waals surface area (Å²) in [5, 5.41) is 33.8. The van der Waals surface area contributed by atoms with Gasteiger partial charge in [0.2, 0.25) is 5.75 Å². The van der Waals surface area contributed by atoms with Gasteiger partial charge in [0.25, 0.3) is 0 Å². The Labute approximate surface area is 168 Å². The Hall–Kier alpha value is -3.39. The molecule has 2 aromatic carbocycles. The van der Waals surface area contributed by atoms with E-state index in [0.29, 0.717) is 51.0 Å². The van der Waals surface area contributed by atoms with Crippen LogP contribution >= 0.6 is 0 Å². The van der Waals surface area contributed by atoms with Gasteiger partial charge < -0.3 is 34.4 Å². The minimum absolute atomic E-state index is 0.0664. The van der Waals surface area contributed by atoms with Crippen LogP contribution in [-0.4, -0.2) is 55.7 Å². The molecule has 0 fully saturated rings. The van der Waals surface area contributed by atoms with E-state index < -0.39 is 6.10 Å². The van der Waals surface area contributed by atoms with Crippen LogP contribution in [-0.2, 0) is 0 Å². The molecule has 0 radical (unpaired) electrons. The predicted octanol–water partition coefficient (Wildman–Crippen LogP) is 2.93. The van der Waals surface area contributed by atoms with Crippen LogP contribution in [0.1, 0.15) is 17.5 Å². The highest BCUT2D eigenvalue weighted by Gasteiger charge is 2.33. The number of phenolic OH excluding ortho intramolecular Hbond substituents is 1. The summed E-state index contributed by atoms with van der Waals surface area (Å²) in [5.41, 5.74) is 2.50. The predicted molar refractivity (Wildman–Crippen MR) is 107 cm³/mol. The fourth-order valence-corrected chi connectivity index (χ4v) is 3.54. The van der Waals surface area contributed by atoms with Crippen LogP contribution in [0, 0.1) is 0 Å². The molecule has 0 bridgehead atoms. The molecule has 0 saturated carbocycles. The number of nitrogens with zero attached hydrogens (tertiary/aromatic N) is 1. The third-order valence-corrected chi connectivity index (χ3v) is 4.84. The van der Waals surface area contributed by atoms with Crippen molar-refractivity contribution in [3.63, 3.8) is 0 Å². The standard InChI is InChI=1S/C21H23NO7/c1-26-16-6-5-11(7-14(16)23)20-15(24)10-13(22-25)19(20)12-8-17(27-2)21(29-4)18(9-12)28-3/h5-9,15,23-25H,10H2,1-4H3. The number of allylic oxidation sites excluding steroid dienone is 1. The smallest absolute Gasteiger partial charge is 0.203 e. The lowest BCUT2D eigenvalue weighted by atomic mass is 9.95. The van der Waals surface area contributed by atoms with Crippen molar-refractivity contribution in [1.82, 2.24) is 0 Å². The summed E-state index contributed by atoms with van der Waals surface area (Å²) < 4.78 is 21.3. The van der Waals surface area contributed by atoms with E-state index in [4.69, 9.17) is 18.9 Å². The molecule has 2 aromatic rings. The van der Waals surface area contributed by atoms with Crippen LogP contribution in [0.15, 0.2) is 35.5 Å². The molecule has 0 heterocycles. The van der Waals surface area contributed by atoms with Crippen LogP contribution in [0.4, 0.5) is 0 Å². The van der Waals surface area contributed by atoms with Gasteiger partial charge in [0, 0.05) is 12.0 Å². The number of oxime groups is 1. The lowest BCUT2D eigenvalue weighted by Gasteiger charge is -2.16. The quantitative estimate of drug-likeness (QED) is 0.504. The molecule has 0 aliphatic heterocycles. The Kier molecular flexibility index (Phi) is 5.84. The third-order valence-electron chi connectivity index (χ3n) is 4.84. The molecular formula is C21H23NO7. The van der Waals surface area contributed by atoms with E-state index in [1.807, 2.05) is 0 Å². The lowest BCUT2D eigenvalue weighted by molar-refractivity contribution is 0.242. The van der Waals surface area contributed by atoms with Crippen LogP contribution < -0.4 is 18.9 Å². The first-order valence-electron chi connectivity index (χ1n) is 8.80. The summed E-state index contributed by atoms with van der Waals surface area (Å²) in [5.74, 6) is 1.51. The number of phenols is 1.